The van der Waals surface area contributed by atoms with Gasteiger partial charge in [-0.1, -0.05) is 66.7 Å². The maximum absolute atomic E-state index is 13.3. The highest BCUT2D eigenvalue weighted by atomic mass is 16.5. The number of hydrogen-bond donors (Lipinski definition) is 0. The maximum atomic E-state index is 13.3. The van der Waals surface area contributed by atoms with E-state index in [1.807, 2.05) is 29.2 Å². The average molecular weight is 439 g/mol. The molecule has 3 aromatic carbocycles. The Hall–Kier alpha value is -3.53. The number of amides is 1. The van der Waals surface area contributed by atoms with Crippen LogP contribution in [0.1, 0.15) is 41.9 Å². The van der Waals surface area contributed by atoms with Crippen molar-refractivity contribution in [2.75, 3.05) is 20.2 Å². The van der Waals surface area contributed by atoms with E-state index in [4.69, 9.17) is 4.74 Å². The maximum Gasteiger partial charge on any atom is 0.223 e. The molecule has 0 spiro atoms. The van der Waals surface area contributed by atoms with Gasteiger partial charge in [0, 0.05) is 54.6 Å². The zero-order valence-corrected chi connectivity index (χ0v) is 19.1. The number of benzene rings is 3. The van der Waals surface area contributed by atoms with Gasteiger partial charge in [0.15, 0.2) is 0 Å². The summed E-state index contributed by atoms with van der Waals surface area (Å²) >= 11 is 0. The summed E-state index contributed by atoms with van der Waals surface area (Å²) in [5, 5.41) is 1.19. The minimum atomic E-state index is -0.0730. The van der Waals surface area contributed by atoms with Gasteiger partial charge in [-0.05, 0) is 36.1 Å². The summed E-state index contributed by atoms with van der Waals surface area (Å²) in [6.45, 7) is 2.53. The van der Waals surface area contributed by atoms with Gasteiger partial charge in [-0.2, -0.15) is 0 Å². The molecule has 1 atom stereocenters. The first-order valence-electron chi connectivity index (χ1n) is 11.8. The number of likely N-dealkylation sites (tertiary alicyclic amines) is 1. The fourth-order valence-electron chi connectivity index (χ4n) is 5.08. The number of ether oxygens (including phenoxy) is 1. The van der Waals surface area contributed by atoms with Crippen molar-refractivity contribution in [2.45, 2.75) is 31.7 Å². The van der Waals surface area contributed by atoms with Crippen molar-refractivity contribution in [3.8, 4) is 5.75 Å². The molecule has 1 fully saturated rings. The van der Waals surface area contributed by atoms with E-state index in [-0.39, 0.29) is 11.8 Å². The molecule has 4 nitrogen and oxygen atoms in total. The fraction of sp³-hybridized carbons (Fsp3) is 0.276. The molecule has 2 heterocycles. The van der Waals surface area contributed by atoms with Crippen LogP contribution < -0.4 is 4.74 Å². The van der Waals surface area contributed by atoms with Crippen molar-refractivity contribution >= 4 is 16.8 Å². The van der Waals surface area contributed by atoms with E-state index in [1.165, 1.54) is 22.0 Å². The quantitative estimate of drug-likeness (QED) is 0.363. The Kier molecular flexibility index (Phi) is 6.16. The summed E-state index contributed by atoms with van der Waals surface area (Å²) in [7, 11) is 1.71. The third kappa shape index (κ3) is 4.38. The molecule has 1 amide bonds. The smallest absolute Gasteiger partial charge is 0.223 e. The molecule has 0 aliphatic carbocycles. The van der Waals surface area contributed by atoms with Crippen LogP contribution in [0.4, 0.5) is 0 Å². The molecule has 33 heavy (non-hydrogen) atoms. The first kappa shape index (κ1) is 21.3. The Morgan fingerprint density at radius 1 is 0.879 bits per heavy atom. The van der Waals surface area contributed by atoms with Crippen LogP contribution >= 0.6 is 0 Å². The molecule has 5 rings (SSSR count). The van der Waals surface area contributed by atoms with Gasteiger partial charge in [-0.25, -0.2) is 0 Å². The number of nitrogens with zero attached hydrogens (tertiary/aromatic N) is 2. The van der Waals surface area contributed by atoms with Crippen LogP contribution in [0.3, 0.4) is 0 Å². The number of carbonyl (C=O) groups excluding carboxylic acids is 1. The van der Waals surface area contributed by atoms with Crippen molar-refractivity contribution in [3.63, 3.8) is 0 Å². The Bertz CT molecular complexity index is 1240. The SMILES string of the molecule is COc1ccccc1C(CC(=O)N1CCCC1)c1cn(Cc2ccccc2)c2ccccc12. The fourth-order valence-corrected chi connectivity index (χ4v) is 5.08. The monoisotopic (exact) mass is 438 g/mol. The number of hydrogen-bond acceptors (Lipinski definition) is 2. The zero-order valence-electron chi connectivity index (χ0n) is 19.1. The van der Waals surface area contributed by atoms with Gasteiger partial charge < -0.3 is 14.2 Å². The second kappa shape index (κ2) is 9.53. The number of aromatic nitrogens is 1. The van der Waals surface area contributed by atoms with Crippen LogP contribution in [0.25, 0.3) is 10.9 Å². The molecule has 4 aromatic rings. The van der Waals surface area contributed by atoms with E-state index in [0.29, 0.717) is 6.42 Å². The molecule has 1 aromatic heterocycles. The Morgan fingerprint density at radius 2 is 1.58 bits per heavy atom. The Labute approximate surface area is 195 Å². The van der Waals surface area contributed by atoms with Gasteiger partial charge in [0.25, 0.3) is 0 Å². The van der Waals surface area contributed by atoms with Gasteiger partial charge in [-0.15, -0.1) is 0 Å². The van der Waals surface area contributed by atoms with E-state index < -0.39 is 0 Å². The normalized spacial score (nSPS) is 14.5. The van der Waals surface area contributed by atoms with Gasteiger partial charge >= 0.3 is 0 Å². The minimum absolute atomic E-state index is 0.0730. The molecule has 0 radical (unpaired) electrons. The molecule has 1 aliphatic heterocycles. The van der Waals surface area contributed by atoms with Crippen molar-refractivity contribution in [2.24, 2.45) is 0 Å². The first-order valence-corrected chi connectivity index (χ1v) is 11.8. The lowest BCUT2D eigenvalue weighted by Crippen LogP contribution is -2.29. The number of carbonyl (C=O) groups is 1. The highest BCUT2D eigenvalue weighted by Crippen LogP contribution is 2.39. The summed E-state index contributed by atoms with van der Waals surface area (Å²) in [4.78, 5) is 15.3. The Balaban J connectivity index is 1.61. The largest absolute Gasteiger partial charge is 0.496 e. The first-order chi connectivity index (χ1) is 16.2. The lowest BCUT2D eigenvalue weighted by atomic mass is 9.87. The third-order valence-corrected chi connectivity index (χ3v) is 6.74. The number of methoxy groups -OCH3 is 1. The molecule has 1 unspecified atom stereocenters. The minimum Gasteiger partial charge on any atom is -0.496 e. The molecular weight excluding hydrogens is 408 g/mol. The topological polar surface area (TPSA) is 34.5 Å². The summed E-state index contributed by atoms with van der Waals surface area (Å²) < 4.78 is 8.05. The van der Waals surface area contributed by atoms with Crippen LogP contribution in [-0.4, -0.2) is 35.6 Å². The third-order valence-electron chi connectivity index (χ3n) is 6.74. The van der Waals surface area contributed by atoms with Crippen molar-refractivity contribution in [3.05, 3.63) is 102 Å². The zero-order chi connectivity index (χ0) is 22.6. The van der Waals surface area contributed by atoms with Gasteiger partial charge in [0.05, 0.1) is 7.11 Å². The molecule has 1 aliphatic rings. The highest BCUT2D eigenvalue weighted by Gasteiger charge is 2.28. The van der Waals surface area contributed by atoms with Crippen LogP contribution in [0.5, 0.6) is 5.75 Å². The van der Waals surface area contributed by atoms with E-state index in [9.17, 15) is 4.79 Å². The highest BCUT2D eigenvalue weighted by molar-refractivity contribution is 5.87. The summed E-state index contributed by atoms with van der Waals surface area (Å²) in [6.07, 6.45) is 4.88. The second-order valence-corrected chi connectivity index (χ2v) is 8.80. The van der Waals surface area contributed by atoms with Crippen LogP contribution in [0.2, 0.25) is 0 Å². The average Bonchev–Trinajstić information content (AvgIpc) is 3.52. The summed E-state index contributed by atoms with van der Waals surface area (Å²) in [6, 6.07) is 27.1. The predicted octanol–water partition coefficient (Wildman–Crippen LogP) is 5.84. The number of fused-ring (bicyclic) bond motifs is 1. The van der Waals surface area contributed by atoms with E-state index in [1.54, 1.807) is 7.11 Å². The summed E-state index contributed by atoms with van der Waals surface area (Å²) in [5.74, 6) is 0.982. The van der Waals surface area contributed by atoms with Crippen molar-refractivity contribution in [1.29, 1.82) is 0 Å². The van der Waals surface area contributed by atoms with Crippen molar-refractivity contribution in [1.82, 2.24) is 9.47 Å². The number of para-hydroxylation sites is 2. The standard InChI is InChI=1S/C29H30N2O2/c1-33-28-16-8-6-14-24(28)25(19-29(32)30-17-9-10-18-30)26-21-31(20-22-11-3-2-4-12-22)27-15-7-5-13-23(26)27/h2-8,11-16,21,25H,9-10,17-20H2,1H3. The van der Waals surface area contributed by atoms with E-state index in [0.717, 1.165) is 43.8 Å². The molecule has 0 bridgehead atoms. The molecule has 168 valence electrons. The predicted molar refractivity (Wildman–Crippen MR) is 133 cm³/mol. The Morgan fingerprint density at radius 3 is 2.36 bits per heavy atom. The number of rotatable bonds is 7. The second-order valence-electron chi connectivity index (χ2n) is 8.80. The van der Waals surface area contributed by atoms with E-state index >= 15 is 0 Å². The van der Waals surface area contributed by atoms with Crippen LogP contribution in [0.15, 0.2) is 85.1 Å². The van der Waals surface area contributed by atoms with E-state index in [2.05, 4.69) is 65.4 Å². The van der Waals surface area contributed by atoms with Crippen LogP contribution in [0, 0.1) is 0 Å². The molecule has 0 saturated carbocycles. The van der Waals surface area contributed by atoms with Gasteiger partial charge in [0.1, 0.15) is 5.75 Å². The molecule has 4 heteroatoms. The molecule has 0 N–H and O–H groups in total. The lowest BCUT2D eigenvalue weighted by Gasteiger charge is -2.23. The molecule has 1 saturated heterocycles. The lowest BCUT2D eigenvalue weighted by molar-refractivity contribution is -0.130. The summed E-state index contributed by atoms with van der Waals surface area (Å²) in [5.41, 5.74) is 4.69. The van der Waals surface area contributed by atoms with Gasteiger partial charge in [-0.3, -0.25) is 4.79 Å². The van der Waals surface area contributed by atoms with Crippen LogP contribution in [-0.2, 0) is 11.3 Å². The van der Waals surface area contributed by atoms with Gasteiger partial charge in [0.2, 0.25) is 5.91 Å². The molecular formula is C29H30N2O2. The van der Waals surface area contributed by atoms with Crippen molar-refractivity contribution < 1.29 is 9.53 Å².